The van der Waals surface area contributed by atoms with Crippen LogP contribution in [-0.4, -0.2) is 21.8 Å². The maximum absolute atomic E-state index is 11.8. The minimum atomic E-state index is -0.177. The van der Waals surface area contributed by atoms with E-state index in [1.165, 1.54) is 29.6 Å². The highest BCUT2D eigenvalue weighted by Gasteiger charge is 2.10. The molecule has 2 aromatic heterocycles. The van der Waals surface area contributed by atoms with E-state index in [1.54, 1.807) is 11.6 Å². The number of hydrogen-bond donors (Lipinski definition) is 2. The Labute approximate surface area is 117 Å². The topological polar surface area (TPSA) is 84.0 Å². The highest BCUT2D eigenvalue weighted by molar-refractivity contribution is 7.15. The first kappa shape index (κ1) is 13.6. The molecule has 0 saturated heterocycles. The molecule has 0 atom stereocenters. The van der Waals surface area contributed by atoms with Gasteiger partial charge in [-0.05, 0) is 6.92 Å². The molecular formula is C11H12N4O2S2. The van der Waals surface area contributed by atoms with Gasteiger partial charge >= 0.3 is 0 Å². The van der Waals surface area contributed by atoms with E-state index in [1.807, 2.05) is 6.92 Å². The molecule has 0 aliphatic rings. The van der Waals surface area contributed by atoms with E-state index in [-0.39, 0.29) is 18.2 Å². The van der Waals surface area contributed by atoms with Crippen LogP contribution in [0, 0.1) is 6.92 Å². The predicted octanol–water partition coefficient (Wildman–Crippen LogP) is 2.05. The highest BCUT2D eigenvalue weighted by atomic mass is 32.1. The van der Waals surface area contributed by atoms with Crippen LogP contribution in [0.4, 0.5) is 10.3 Å². The maximum Gasteiger partial charge on any atom is 0.232 e. The van der Waals surface area contributed by atoms with Gasteiger partial charge in [-0.3, -0.25) is 9.59 Å². The fourth-order valence-electron chi connectivity index (χ4n) is 1.34. The molecule has 2 rings (SSSR count). The van der Waals surface area contributed by atoms with Crippen molar-refractivity contribution in [2.75, 3.05) is 10.6 Å². The van der Waals surface area contributed by atoms with Gasteiger partial charge in [0.1, 0.15) is 0 Å². The molecule has 0 radical (unpaired) electrons. The first-order chi connectivity index (χ1) is 9.02. The largest absolute Gasteiger partial charge is 0.302 e. The van der Waals surface area contributed by atoms with Gasteiger partial charge in [0, 0.05) is 23.4 Å². The summed E-state index contributed by atoms with van der Waals surface area (Å²) in [5, 5.41) is 8.12. The average Bonchev–Trinajstić information content (AvgIpc) is 2.88. The number of carbonyl (C=O) groups is 2. The summed E-state index contributed by atoms with van der Waals surface area (Å²) in [6.45, 7) is 3.34. The molecule has 2 aromatic rings. The summed E-state index contributed by atoms with van der Waals surface area (Å²) in [6, 6.07) is 0. The zero-order valence-corrected chi connectivity index (χ0v) is 12.0. The molecule has 0 fully saturated rings. The second-order valence-corrected chi connectivity index (χ2v) is 5.92. The number of rotatable bonds is 4. The van der Waals surface area contributed by atoms with E-state index >= 15 is 0 Å². The monoisotopic (exact) mass is 296 g/mol. The van der Waals surface area contributed by atoms with Gasteiger partial charge in [0.25, 0.3) is 0 Å². The summed E-state index contributed by atoms with van der Waals surface area (Å²) in [4.78, 5) is 31.9. The molecule has 0 saturated carbocycles. The van der Waals surface area contributed by atoms with Crippen molar-refractivity contribution < 1.29 is 9.59 Å². The molecule has 8 heteroatoms. The summed E-state index contributed by atoms with van der Waals surface area (Å²) in [5.41, 5.74) is 0.625. The van der Waals surface area contributed by atoms with Gasteiger partial charge < -0.3 is 10.6 Å². The number of nitrogens with zero attached hydrogens (tertiary/aromatic N) is 2. The second-order valence-electron chi connectivity index (χ2n) is 3.83. The third kappa shape index (κ3) is 4.11. The summed E-state index contributed by atoms with van der Waals surface area (Å²) < 4.78 is 0. The zero-order chi connectivity index (χ0) is 13.8. The molecule has 0 spiro atoms. The van der Waals surface area contributed by atoms with Crippen LogP contribution in [0.1, 0.15) is 17.5 Å². The van der Waals surface area contributed by atoms with Crippen molar-refractivity contribution >= 4 is 44.8 Å². The lowest BCUT2D eigenvalue weighted by molar-refractivity contribution is -0.116. The average molecular weight is 296 g/mol. The van der Waals surface area contributed by atoms with E-state index in [0.717, 1.165) is 4.88 Å². The maximum atomic E-state index is 11.8. The van der Waals surface area contributed by atoms with E-state index in [9.17, 15) is 9.59 Å². The van der Waals surface area contributed by atoms with Crippen LogP contribution < -0.4 is 10.6 Å². The first-order valence-electron chi connectivity index (χ1n) is 5.47. The minimum Gasteiger partial charge on any atom is -0.302 e. The molecule has 19 heavy (non-hydrogen) atoms. The van der Waals surface area contributed by atoms with Gasteiger partial charge in [0.05, 0.1) is 12.1 Å². The van der Waals surface area contributed by atoms with E-state index in [0.29, 0.717) is 16.0 Å². The fraction of sp³-hybridized carbons (Fsp3) is 0.273. The lowest BCUT2D eigenvalue weighted by Crippen LogP contribution is -2.14. The Hall–Kier alpha value is -1.80. The number of nitrogens with one attached hydrogen (secondary N) is 2. The Kier molecular flexibility index (Phi) is 4.23. The number of aromatic nitrogens is 2. The van der Waals surface area contributed by atoms with E-state index in [4.69, 9.17) is 0 Å². The molecule has 6 nitrogen and oxygen atoms in total. The van der Waals surface area contributed by atoms with Crippen LogP contribution >= 0.6 is 22.7 Å². The van der Waals surface area contributed by atoms with Crippen molar-refractivity contribution in [1.29, 1.82) is 0 Å². The Morgan fingerprint density at radius 1 is 1.32 bits per heavy atom. The number of hydrogen-bond acceptors (Lipinski definition) is 6. The number of aryl methyl sites for hydroxylation is 1. The first-order valence-corrected chi connectivity index (χ1v) is 7.17. The van der Waals surface area contributed by atoms with Crippen LogP contribution in [-0.2, 0) is 16.0 Å². The molecule has 0 bridgehead atoms. The number of amides is 2. The lowest BCUT2D eigenvalue weighted by atomic mass is 10.3. The standard InChI is InChI=1S/C11H12N4O2S2/c1-6-4-12-10(19-6)15-9(17)3-8-5-18-11(14-8)13-7(2)16/h4-5H,3H2,1-2H3,(H,12,15,17)(H,13,14,16). The van der Waals surface area contributed by atoms with Crippen molar-refractivity contribution in [2.24, 2.45) is 0 Å². The Bertz CT molecular complexity index is 605. The molecule has 0 aliphatic heterocycles. The van der Waals surface area contributed by atoms with Crippen molar-refractivity contribution in [2.45, 2.75) is 20.3 Å². The molecular weight excluding hydrogens is 284 g/mol. The van der Waals surface area contributed by atoms with Gasteiger partial charge in [-0.2, -0.15) is 0 Å². The smallest absolute Gasteiger partial charge is 0.232 e. The number of anilines is 2. The third-order valence-electron chi connectivity index (χ3n) is 2.04. The summed E-state index contributed by atoms with van der Waals surface area (Å²) in [6.07, 6.45) is 1.87. The minimum absolute atomic E-state index is 0.161. The summed E-state index contributed by atoms with van der Waals surface area (Å²) in [5.74, 6) is -0.349. The van der Waals surface area contributed by atoms with Crippen molar-refractivity contribution in [3.05, 3.63) is 22.1 Å². The van der Waals surface area contributed by atoms with Gasteiger partial charge in [-0.25, -0.2) is 9.97 Å². The number of carbonyl (C=O) groups excluding carboxylic acids is 2. The van der Waals surface area contributed by atoms with E-state index in [2.05, 4.69) is 20.6 Å². The Balaban J connectivity index is 1.91. The summed E-state index contributed by atoms with van der Waals surface area (Å²) in [7, 11) is 0. The molecule has 2 heterocycles. The zero-order valence-electron chi connectivity index (χ0n) is 10.4. The fourth-order valence-corrected chi connectivity index (χ4v) is 2.77. The summed E-state index contributed by atoms with van der Waals surface area (Å²) >= 11 is 2.72. The van der Waals surface area contributed by atoms with Crippen molar-refractivity contribution in [1.82, 2.24) is 9.97 Å². The molecule has 0 aliphatic carbocycles. The highest BCUT2D eigenvalue weighted by Crippen LogP contribution is 2.18. The van der Waals surface area contributed by atoms with E-state index < -0.39 is 0 Å². The molecule has 2 N–H and O–H groups in total. The van der Waals surface area contributed by atoms with Crippen LogP contribution in [0.5, 0.6) is 0 Å². The van der Waals surface area contributed by atoms with Gasteiger partial charge in [-0.15, -0.1) is 22.7 Å². The van der Waals surface area contributed by atoms with Crippen LogP contribution in [0.2, 0.25) is 0 Å². The molecule has 2 amide bonds. The van der Waals surface area contributed by atoms with Gasteiger partial charge in [0.15, 0.2) is 10.3 Å². The molecule has 100 valence electrons. The second kappa shape index (κ2) is 5.89. The third-order valence-corrected chi connectivity index (χ3v) is 3.68. The van der Waals surface area contributed by atoms with Crippen LogP contribution in [0.25, 0.3) is 0 Å². The lowest BCUT2D eigenvalue weighted by Gasteiger charge is -1.98. The Morgan fingerprint density at radius 3 is 2.74 bits per heavy atom. The van der Waals surface area contributed by atoms with Gasteiger partial charge in [0.2, 0.25) is 11.8 Å². The van der Waals surface area contributed by atoms with Crippen LogP contribution in [0.3, 0.4) is 0 Å². The quantitative estimate of drug-likeness (QED) is 0.904. The van der Waals surface area contributed by atoms with Crippen molar-refractivity contribution in [3.63, 3.8) is 0 Å². The predicted molar refractivity (Wildman–Crippen MR) is 75.6 cm³/mol. The van der Waals surface area contributed by atoms with Gasteiger partial charge in [-0.1, -0.05) is 0 Å². The normalized spacial score (nSPS) is 10.2. The van der Waals surface area contributed by atoms with Crippen molar-refractivity contribution in [3.8, 4) is 0 Å². The molecule has 0 unspecified atom stereocenters. The SMILES string of the molecule is CC(=O)Nc1nc(CC(=O)Nc2ncc(C)s2)cs1. The number of thiazole rings is 2. The van der Waals surface area contributed by atoms with Crippen LogP contribution in [0.15, 0.2) is 11.6 Å². The Morgan fingerprint density at radius 2 is 2.11 bits per heavy atom. The molecule has 0 aromatic carbocycles.